The average Bonchev–Trinajstić information content (AvgIpc) is 3.39. The topological polar surface area (TPSA) is 151 Å². The number of nitrogens with zero attached hydrogens (tertiary/aromatic N) is 6. The summed E-state index contributed by atoms with van der Waals surface area (Å²) in [5.41, 5.74) is 1.18. The number of carbonyl (C=O) groups is 1. The van der Waals surface area contributed by atoms with E-state index in [1.165, 1.54) is 23.1 Å². The van der Waals surface area contributed by atoms with E-state index in [1.54, 1.807) is 12.1 Å². The Labute approximate surface area is 208 Å². The van der Waals surface area contributed by atoms with Crippen LogP contribution in [0.2, 0.25) is 0 Å². The van der Waals surface area contributed by atoms with Gasteiger partial charge in [-0.2, -0.15) is 4.80 Å². The first-order valence-electron chi connectivity index (χ1n) is 11.8. The second-order valence-corrected chi connectivity index (χ2v) is 10.7. The van der Waals surface area contributed by atoms with E-state index < -0.39 is 37.5 Å². The van der Waals surface area contributed by atoms with E-state index in [9.17, 15) is 14.5 Å². The number of hydrogen-bond acceptors (Lipinski definition) is 11. The van der Waals surface area contributed by atoms with E-state index in [1.807, 2.05) is 6.92 Å². The summed E-state index contributed by atoms with van der Waals surface area (Å²) in [7, 11) is -4.00. The quantitative estimate of drug-likeness (QED) is 0.448. The van der Waals surface area contributed by atoms with Crippen molar-refractivity contribution in [3.05, 3.63) is 42.3 Å². The molecule has 5 aliphatic rings. The van der Waals surface area contributed by atoms with Crippen LogP contribution in [-0.2, 0) is 29.4 Å². The minimum Gasteiger partial charge on any atom is -0.405 e. The predicted molar refractivity (Wildman–Crippen MR) is 121 cm³/mol. The summed E-state index contributed by atoms with van der Waals surface area (Å²) in [6.45, 7) is 2.64. The summed E-state index contributed by atoms with van der Waals surface area (Å²) >= 11 is 0. The number of carbonyl (C=O) groups excluding carboxylic acids is 1. The molecular formula is C22H20FN6O7P. The molecule has 1 spiro atoms. The Morgan fingerprint density at radius 3 is 2.73 bits per heavy atom. The fourth-order valence-electron chi connectivity index (χ4n) is 4.82. The Hall–Kier alpha value is -3.29. The lowest BCUT2D eigenvalue weighted by molar-refractivity contribution is -0.284. The number of aliphatic hydroxyl groups excluding tert-OH is 1. The zero-order valence-corrected chi connectivity index (χ0v) is 20.2. The molecule has 1 saturated carbocycles. The van der Waals surface area contributed by atoms with Gasteiger partial charge in [0.2, 0.25) is 5.82 Å². The van der Waals surface area contributed by atoms with Gasteiger partial charge in [0.15, 0.2) is 0 Å². The largest absolute Gasteiger partial charge is 0.486 e. The molecule has 13 nitrogen and oxygen atoms in total. The zero-order chi connectivity index (χ0) is 25.6. The Morgan fingerprint density at radius 2 is 2.05 bits per heavy atom. The van der Waals surface area contributed by atoms with Gasteiger partial charge in [-0.25, -0.2) is 32.2 Å². The second kappa shape index (κ2) is 7.62. The van der Waals surface area contributed by atoms with Gasteiger partial charge in [-0.3, -0.25) is 4.98 Å². The lowest BCUT2D eigenvalue weighted by atomic mass is 10.0. The number of phosphoric ester groups is 1. The number of phosphoric acid groups is 1. The van der Waals surface area contributed by atoms with Crippen LogP contribution in [0.15, 0.2) is 36.5 Å². The average molecular weight is 530 g/mol. The first-order chi connectivity index (χ1) is 17.8. The Bertz CT molecular complexity index is 1470. The van der Waals surface area contributed by atoms with Crippen LogP contribution >= 0.6 is 7.82 Å². The van der Waals surface area contributed by atoms with E-state index in [-0.39, 0.29) is 17.2 Å². The third kappa shape index (κ3) is 3.17. The van der Waals surface area contributed by atoms with Gasteiger partial charge in [-0.05, 0) is 54.7 Å². The molecule has 4 saturated heterocycles. The van der Waals surface area contributed by atoms with Gasteiger partial charge in [0.1, 0.15) is 17.6 Å². The van der Waals surface area contributed by atoms with Crippen molar-refractivity contribution in [1.82, 2.24) is 25.2 Å². The van der Waals surface area contributed by atoms with Gasteiger partial charge >= 0.3 is 25.6 Å². The number of tetrazole rings is 1. The molecule has 1 N–H and O–H groups in total. The van der Waals surface area contributed by atoms with Crippen molar-refractivity contribution in [3.63, 3.8) is 0 Å². The molecule has 2 aromatic heterocycles. The minimum absolute atomic E-state index is 0.00851. The third-order valence-corrected chi connectivity index (χ3v) is 8.16. The molecule has 0 unspecified atom stereocenters. The van der Waals surface area contributed by atoms with Gasteiger partial charge in [-0.15, -0.1) is 10.2 Å². The van der Waals surface area contributed by atoms with E-state index in [0.717, 1.165) is 17.4 Å². The summed E-state index contributed by atoms with van der Waals surface area (Å²) < 4.78 is 49.3. The number of pyridine rings is 1. The summed E-state index contributed by atoms with van der Waals surface area (Å²) in [5, 5.41) is 23.0. The normalized spacial score (nSPS) is 30.7. The molecule has 3 aromatic rings. The second-order valence-electron chi connectivity index (χ2n) is 9.26. The van der Waals surface area contributed by atoms with Crippen molar-refractivity contribution in [2.75, 3.05) is 4.90 Å². The number of halogens is 1. The van der Waals surface area contributed by atoms with Gasteiger partial charge < -0.3 is 9.84 Å². The van der Waals surface area contributed by atoms with E-state index >= 15 is 4.39 Å². The van der Waals surface area contributed by atoms with Crippen LogP contribution in [0.5, 0.6) is 0 Å². The highest BCUT2D eigenvalue weighted by atomic mass is 31.2. The van der Waals surface area contributed by atoms with Crippen molar-refractivity contribution in [2.45, 2.75) is 50.5 Å². The molecule has 1 amide bonds. The van der Waals surface area contributed by atoms with Crippen LogP contribution in [0.25, 0.3) is 22.6 Å². The van der Waals surface area contributed by atoms with Gasteiger partial charge in [0.05, 0.1) is 12.2 Å². The minimum atomic E-state index is -4.00. The first kappa shape index (κ1) is 22.9. The maximum atomic E-state index is 15.3. The summed E-state index contributed by atoms with van der Waals surface area (Å²) in [6.07, 6.45) is 1.37. The Balaban J connectivity index is 1.18. The molecule has 37 heavy (non-hydrogen) atoms. The number of amides is 1. The summed E-state index contributed by atoms with van der Waals surface area (Å²) in [4.78, 5) is 19.6. The highest BCUT2D eigenvalue weighted by Gasteiger charge is 2.91. The lowest BCUT2D eigenvalue weighted by Crippen LogP contribution is -2.64. The van der Waals surface area contributed by atoms with Crippen LogP contribution < -0.4 is 4.90 Å². The summed E-state index contributed by atoms with van der Waals surface area (Å²) in [5.74, 6) is -4.78. The van der Waals surface area contributed by atoms with Gasteiger partial charge in [-0.1, -0.05) is 13.0 Å². The molecule has 6 heterocycles. The zero-order valence-electron chi connectivity index (χ0n) is 19.4. The number of hydrogen-bond donors (Lipinski definition) is 1. The highest BCUT2D eigenvalue weighted by molar-refractivity contribution is 7.50. The number of rotatable bonds is 7. The highest BCUT2D eigenvalue weighted by Crippen LogP contribution is 2.81. The van der Waals surface area contributed by atoms with E-state index in [0.29, 0.717) is 36.5 Å². The first-order valence-corrected chi connectivity index (χ1v) is 13.2. The number of aliphatic hydroxyl groups is 1. The van der Waals surface area contributed by atoms with Crippen LogP contribution in [0, 0.1) is 11.7 Å². The number of benzene rings is 1. The van der Waals surface area contributed by atoms with Crippen molar-refractivity contribution < 1.29 is 37.2 Å². The lowest BCUT2D eigenvalue weighted by Gasteiger charge is -2.40. The van der Waals surface area contributed by atoms with E-state index in [4.69, 9.17) is 18.3 Å². The van der Waals surface area contributed by atoms with Crippen LogP contribution in [0.1, 0.15) is 26.2 Å². The molecule has 1 aliphatic carbocycles. The molecule has 8 rings (SSSR count). The fourth-order valence-corrected chi connectivity index (χ4v) is 6.52. The predicted octanol–water partition coefficient (Wildman–Crippen LogP) is 3.21. The molecule has 4 aliphatic heterocycles. The fraction of sp³-hybridized carbons (Fsp3) is 0.409. The molecule has 2 atom stereocenters. The van der Waals surface area contributed by atoms with Crippen molar-refractivity contribution in [1.29, 1.82) is 0 Å². The molecule has 2 bridgehead atoms. The number of ether oxygens (including phenoxy) is 1. The maximum Gasteiger partial charge on any atom is 0.486 e. The third-order valence-electron chi connectivity index (χ3n) is 6.72. The van der Waals surface area contributed by atoms with Crippen LogP contribution in [0.4, 0.5) is 14.9 Å². The van der Waals surface area contributed by atoms with Gasteiger partial charge in [0, 0.05) is 17.3 Å². The van der Waals surface area contributed by atoms with Crippen molar-refractivity contribution >= 4 is 19.6 Å². The Kier molecular flexibility index (Phi) is 4.71. The Morgan fingerprint density at radius 1 is 1.24 bits per heavy atom. The van der Waals surface area contributed by atoms with Crippen LogP contribution in [-0.4, -0.2) is 54.2 Å². The molecule has 5 fully saturated rings. The monoisotopic (exact) mass is 530 g/mol. The SMILES string of the molecule is CCCn1nnc(-c2ccc(-c3ccc(N4C(=O)O[C@@]5([C@@H](O)C6CC6)OP6(=O)OC45O6)cc3F)cn2)n1. The maximum absolute atomic E-state index is 15.3. The smallest absolute Gasteiger partial charge is 0.405 e. The number of aromatic nitrogens is 5. The van der Waals surface area contributed by atoms with Crippen LogP contribution in [0.3, 0.4) is 0 Å². The molecule has 0 radical (unpaired) electrons. The summed E-state index contributed by atoms with van der Waals surface area (Å²) in [6, 6.07) is 7.31. The number of anilines is 1. The molecule has 15 heteroatoms. The number of aryl methyl sites for hydroxylation is 1. The van der Waals surface area contributed by atoms with Crippen molar-refractivity contribution in [3.8, 4) is 22.6 Å². The van der Waals surface area contributed by atoms with Crippen molar-refractivity contribution in [2.24, 2.45) is 5.92 Å². The molecule has 192 valence electrons. The van der Waals surface area contributed by atoms with Gasteiger partial charge in [0.25, 0.3) is 0 Å². The van der Waals surface area contributed by atoms with E-state index in [2.05, 4.69) is 20.4 Å². The molecular weight excluding hydrogens is 510 g/mol. The molecule has 1 aromatic carbocycles. The standard InChI is InChI=1S/C22H20FN6O7P/c1-2-9-28-26-19(25-27-28)17-8-5-13(11-24-17)15-7-6-14(10-16(15)23)29-20(31)33-21(18(30)12-3-4-12)22(29)35-37(32,34-21)36-22/h5-8,10-12,18,30H,2-4,9H2,1H3/t18-,21-,22?,37?/m0/s1.